The minimum absolute atomic E-state index is 0.0385. The lowest BCUT2D eigenvalue weighted by molar-refractivity contribution is -0.126. The van der Waals surface area contributed by atoms with Crippen molar-refractivity contribution in [2.75, 3.05) is 31.1 Å². The fourth-order valence-corrected chi connectivity index (χ4v) is 3.90. The molecular weight excluding hydrogens is 414 g/mol. The van der Waals surface area contributed by atoms with E-state index in [1.807, 2.05) is 82.4 Å². The predicted octanol–water partition coefficient (Wildman–Crippen LogP) is 3.67. The number of nitrogens with zero attached hydrogens (tertiary/aromatic N) is 5. The third-order valence-corrected chi connectivity index (χ3v) is 5.72. The number of ether oxygens (including phenoxy) is 1. The maximum Gasteiger partial charge on any atom is 0.246 e. The highest BCUT2D eigenvalue weighted by molar-refractivity contribution is 5.92. The Labute approximate surface area is 192 Å². The van der Waals surface area contributed by atoms with E-state index in [9.17, 15) is 4.79 Å². The van der Waals surface area contributed by atoms with Gasteiger partial charge in [-0.1, -0.05) is 18.2 Å². The second-order valence-electron chi connectivity index (χ2n) is 7.91. The summed E-state index contributed by atoms with van der Waals surface area (Å²) in [6, 6.07) is 17.6. The number of pyridine rings is 2. The molecule has 0 N–H and O–H groups in total. The topological polar surface area (TPSA) is 63.0 Å². The minimum Gasteiger partial charge on any atom is -0.487 e. The number of imidazole rings is 1. The van der Waals surface area contributed by atoms with E-state index >= 15 is 0 Å². The van der Waals surface area contributed by atoms with Crippen LogP contribution < -0.4 is 9.64 Å². The van der Waals surface area contributed by atoms with Crippen molar-refractivity contribution in [3.05, 3.63) is 96.7 Å². The molecule has 4 aromatic rings. The van der Waals surface area contributed by atoms with Gasteiger partial charge in [-0.15, -0.1) is 0 Å². The minimum atomic E-state index is 0.0385. The van der Waals surface area contributed by atoms with Gasteiger partial charge in [0, 0.05) is 62.7 Å². The van der Waals surface area contributed by atoms with E-state index in [4.69, 9.17) is 4.74 Å². The Morgan fingerprint density at radius 2 is 1.76 bits per heavy atom. The average Bonchev–Trinajstić information content (AvgIpc) is 3.30. The first kappa shape index (κ1) is 20.8. The lowest BCUT2D eigenvalue weighted by Crippen LogP contribution is -2.48. The molecule has 0 spiro atoms. The van der Waals surface area contributed by atoms with Gasteiger partial charge < -0.3 is 18.9 Å². The molecule has 7 nitrogen and oxygen atoms in total. The van der Waals surface area contributed by atoms with Gasteiger partial charge in [0.25, 0.3) is 0 Å². The van der Waals surface area contributed by atoms with Gasteiger partial charge in [0.15, 0.2) is 0 Å². The molecule has 0 bridgehead atoms. The first-order valence-electron chi connectivity index (χ1n) is 11.0. The number of carbonyl (C=O) groups excluding carboxylic acids is 1. The Bertz CT molecular complexity index is 1210. The highest BCUT2D eigenvalue weighted by Crippen LogP contribution is 2.17. The first-order chi connectivity index (χ1) is 16.2. The molecule has 1 aromatic carbocycles. The summed E-state index contributed by atoms with van der Waals surface area (Å²) in [6.07, 6.45) is 11.0. The van der Waals surface area contributed by atoms with E-state index in [0.29, 0.717) is 19.7 Å². The summed E-state index contributed by atoms with van der Waals surface area (Å²) in [7, 11) is 0. The van der Waals surface area contributed by atoms with Crippen LogP contribution in [0.5, 0.6) is 5.75 Å². The van der Waals surface area contributed by atoms with Gasteiger partial charge in [0.05, 0.1) is 5.69 Å². The van der Waals surface area contributed by atoms with Crippen LogP contribution in [0.2, 0.25) is 0 Å². The Kier molecular flexibility index (Phi) is 6.01. The van der Waals surface area contributed by atoms with Gasteiger partial charge >= 0.3 is 0 Å². The van der Waals surface area contributed by atoms with Crippen LogP contribution in [-0.4, -0.2) is 51.4 Å². The smallest absolute Gasteiger partial charge is 0.246 e. The molecule has 7 heteroatoms. The Hall–Kier alpha value is -4.13. The quantitative estimate of drug-likeness (QED) is 0.429. The first-order valence-corrected chi connectivity index (χ1v) is 11.0. The molecule has 0 radical (unpaired) electrons. The van der Waals surface area contributed by atoms with E-state index in [1.165, 1.54) is 0 Å². The summed E-state index contributed by atoms with van der Waals surface area (Å²) in [5.41, 5.74) is 3.88. The number of fused-ring (bicyclic) bond motifs is 1. The number of piperazine rings is 1. The number of anilines is 1. The fraction of sp³-hybridized carbons (Fsp3) is 0.192. The second kappa shape index (κ2) is 9.56. The van der Waals surface area contributed by atoms with Crippen molar-refractivity contribution in [3.63, 3.8) is 0 Å². The van der Waals surface area contributed by atoms with Crippen LogP contribution in [0.25, 0.3) is 11.7 Å². The highest BCUT2D eigenvalue weighted by atomic mass is 16.5. The molecule has 3 aromatic heterocycles. The molecule has 5 rings (SSSR count). The zero-order valence-corrected chi connectivity index (χ0v) is 18.2. The molecule has 4 heterocycles. The van der Waals surface area contributed by atoms with Gasteiger partial charge in [0.2, 0.25) is 5.91 Å². The molecule has 33 heavy (non-hydrogen) atoms. The molecule has 1 fully saturated rings. The van der Waals surface area contributed by atoms with Crippen LogP contribution in [0, 0.1) is 0 Å². The normalized spacial score (nSPS) is 14.2. The van der Waals surface area contributed by atoms with Gasteiger partial charge in [-0.2, -0.15) is 0 Å². The Morgan fingerprint density at radius 3 is 2.52 bits per heavy atom. The van der Waals surface area contributed by atoms with Gasteiger partial charge in [-0.3, -0.25) is 9.78 Å². The van der Waals surface area contributed by atoms with Crippen LogP contribution in [-0.2, 0) is 11.4 Å². The van der Waals surface area contributed by atoms with Crippen molar-refractivity contribution in [1.82, 2.24) is 19.3 Å². The lowest BCUT2D eigenvalue weighted by Gasteiger charge is -2.35. The largest absolute Gasteiger partial charge is 0.487 e. The standard InChI is InChI=1S/C26H25N5O2/c32-26(30-17-15-29(16-18-30)23-10-12-27-13-11-23)9-6-21-4-7-24(8-5-21)33-20-22-19-31-14-2-1-3-25(31)28-22/h1-14,19H,15-18,20H2/b9-6+. The van der Waals surface area contributed by atoms with E-state index in [1.54, 1.807) is 18.5 Å². The number of hydrogen-bond donors (Lipinski definition) is 0. The molecule has 0 saturated carbocycles. The number of benzene rings is 1. The number of hydrogen-bond acceptors (Lipinski definition) is 5. The van der Waals surface area contributed by atoms with Crippen molar-refractivity contribution in [3.8, 4) is 5.75 Å². The van der Waals surface area contributed by atoms with Crippen LogP contribution >= 0.6 is 0 Å². The summed E-state index contributed by atoms with van der Waals surface area (Å²) < 4.78 is 7.84. The number of carbonyl (C=O) groups is 1. The molecule has 1 saturated heterocycles. The second-order valence-corrected chi connectivity index (χ2v) is 7.91. The van der Waals surface area contributed by atoms with Crippen molar-refractivity contribution < 1.29 is 9.53 Å². The average molecular weight is 440 g/mol. The molecule has 1 aliphatic heterocycles. The SMILES string of the molecule is O=C(/C=C/c1ccc(OCc2cn3ccccc3n2)cc1)N1CCN(c2ccncc2)CC1. The third-order valence-electron chi connectivity index (χ3n) is 5.72. The third kappa shape index (κ3) is 5.03. The number of aromatic nitrogens is 3. The van der Waals surface area contributed by atoms with Crippen LogP contribution in [0.15, 0.2) is 85.5 Å². The van der Waals surface area contributed by atoms with E-state index in [2.05, 4.69) is 14.9 Å². The fourth-order valence-electron chi connectivity index (χ4n) is 3.90. The molecular formula is C26H25N5O2. The summed E-state index contributed by atoms with van der Waals surface area (Å²) >= 11 is 0. The zero-order chi connectivity index (χ0) is 22.5. The summed E-state index contributed by atoms with van der Waals surface area (Å²) in [6.45, 7) is 3.47. The highest BCUT2D eigenvalue weighted by Gasteiger charge is 2.19. The zero-order valence-electron chi connectivity index (χ0n) is 18.2. The van der Waals surface area contributed by atoms with Gasteiger partial charge in [-0.25, -0.2) is 4.98 Å². The van der Waals surface area contributed by atoms with Crippen molar-refractivity contribution >= 4 is 23.3 Å². The molecule has 0 atom stereocenters. The molecule has 166 valence electrons. The van der Waals surface area contributed by atoms with Crippen LogP contribution in [0.1, 0.15) is 11.3 Å². The number of amides is 1. The number of rotatable bonds is 6. The van der Waals surface area contributed by atoms with Crippen LogP contribution in [0.4, 0.5) is 5.69 Å². The summed E-state index contributed by atoms with van der Waals surface area (Å²) in [5, 5.41) is 0. The predicted molar refractivity (Wildman–Crippen MR) is 128 cm³/mol. The van der Waals surface area contributed by atoms with E-state index < -0.39 is 0 Å². The van der Waals surface area contributed by atoms with E-state index in [0.717, 1.165) is 41.4 Å². The van der Waals surface area contributed by atoms with Crippen molar-refractivity contribution in [2.45, 2.75) is 6.61 Å². The van der Waals surface area contributed by atoms with Crippen molar-refractivity contribution in [1.29, 1.82) is 0 Å². The van der Waals surface area contributed by atoms with Gasteiger partial charge in [-0.05, 0) is 48.0 Å². The summed E-state index contributed by atoms with van der Waals surface area (Å²) in [4.78, 5) is 25.4. The Balaban J connectivity index is 1.11. The lowest BCUT2D eigenvalue weighted by atomic mass is 10.2. The maximum absolute atomic E-state index is 12.6. The Morgan fingerprint density at radius 1 is 0.970 bits per heavy atom. The van der Waals surface area contributed by atoms with Gasteiger partial charge in [0.1, 0.15) is 18.0 Å². The molecule has 1 amide bonds. The van der Waals surface area contributed by atoms with E-state index in [-0.39, 0.29) is 5.91 Å². The van der Waals surface area contributed by atoms with Crippen molar-refractivity contribution in [2.24, 2.45) is 0 Å². The molecule has 1 aliphatic rings. The molecule has 0 aliphatic carbocycles. The maximum atomic E-state index is 12.6. The van der Waals surface area contributed by atoms with Crippen LogP contribution in [0.3, 0.4) is 0 Å². The molecule has 0 unspecified atom stereocenters. The summed E-state index contributed by atoms with van der Waals surface area (Å²) in [5.74, 6) is 0.805. The monoisotopic (exact) mass is 439 g/mol.